The number of hydrogen-bond acceptors (Lipinski definition) is 9. The van der Waals surface area contributed by atoms with Crippen molar-refractivity contribution < 1.29 is 9.18 Å². The normalized spacial score (nSPS) is 14.3. The van der Waals surface area contributed by atoms with Crippen molar-refractivity contribution >= 4 is 44.4 Å². The minimum atomic E-state index is -0.519. The zero-order chi connectivity index (χ0) is 25.2. The molecule has 3 aromatic heterocycles. The van der Waals surface area contributed by atoms with Gasteiger partial charge in [-0.15, -0.1) is 0 Å². The van der Waals surface area contributed by atoms with E-state index in [1.54, 1.807) is 24.4 Å². The number of amides is 1. The smallest absolute Gasteiger partial charge is 0.255 e. The third kappa shape index (κ3) is 4.98. The summed E-state index contributed by atoms with van der Waals surface area (Å²) >= 11 is 1.53. The molecule has 0 atom stereocenters. The number of benzene rings is 1. The van der Waals surface area contributed by atoms with Crippen molar-refractivity contribution in [1.82, 2.24) is 29.7 Å². The van der Waals surface area contributed by atoms with E-state index < -0.39 is 5.82 Å². The summed E-state index contributed by atoms with van der Waals surface area (Å²) in [6.45, 7) is 6.31. The highest BCUT2D eigenvalue weighted by Gasteiger charge is 2.21. The fraction of sp³-hybridized carbons (Fsp3) is 0.320. The lowest BCUT2D eigenvalue weighted by atomic mass is 10.1. The number of thiazole rings is 1. The molecule has 1 aliphatic heterocycles. The summed E-state index contributed by atoms with van der Waals surface area (Å²) in [6.07, 6.45) is 2.68. The van der Waals surface area contributed by atoms with Crippen molar-refractivity contribution in [3.63, 3.8) is 0 Å². The first-order valence-electron chi connectivity index (χ1n) is 11.8. The van der Waals surface area contributed by atoms with Crippen LogP contribution in [-0.2, 0) is 0 Å². The highest BCUT2D eigenvalue weighted by molar-refractivity contribution is 7.22. The lowest BCUT2D eigenvalue weighted by molar-refractivity contribution is 0.0643. The van der Waals surface area contributed by atoms with Crippen LogP contribution < -0.4 is 10.2 Å². The van der Waals surface area contributed by atoms with Gasteiger partial charge in [0.2, 0.25) is 5.95 Å². The molecule has 36 heavy (non-hydrogen) atoms. The summed E-state index contributed by atoms with van der Waals surface area (Å²) in [7, 11) is 3.87. The standard InChI is InChI=1S/C25H27FN8OS/c1-4-33-9-11-34(12-10-33)23(35)17-6-8-21(27-14-17)30-24-28-15-18(26)22(31-24)16-5-7-19-20(13-16)36-25(29-19)32(2)3/h5-8,13-15H,4,9-12H2,1-3H3,(H,27,28,30,31). The summed E-state index contributed by atoms with van der Waals surface area (Å²) in [4.78, 5) is 36.3. The fourth-order valence-electron chi connectivity index (χ4n) is 4.04. The van der Waals surface area contributed by atoms with Crippen molar-refractivity contribution in [3.05, 3.63) is 54.1 Å². The molecule has 9 nitrogen and oxygen atoms in total. The number of anilines is 3. The number of nitrogens with zero attached hydrogens (tertiary/aromatic N) is 7. The largest absolute Gasteiger partial charge is 0.354 e. The van der Waals surface area contributed by atoms with Crippen molar-refractivity contribution in [2.45, 2.75) is 6.92 Å². The first kappa shape index (κ1) is 24.0. The maximum atomic E-state index is 14.7. The molecule has 1 amide bonds. The van der Waals surface area contributed by atoms with Crippen LogP contribution >= 0.6 is 11.3 Å². The molecule has 4 aromatic rings. The molecule has 186 valence electrons. The number of carbonyl (C=O) groups is 1. The SMILES string of the molecule is CCN1CCN(C(=O)c2ccc(Nc3ncc(F)c(-c4ccc5nc(N(C)C)sc5c4)n3)nc2)CC1. The number of piperazine rings is 1. The van der Waals surface area contributed by atoms with Crippen LogP contribution in [0, 0.1) is 5.82 Å². The van der Waals surface area contributed by atoms with Crippen molar-refractivity contribution in [2.24, 2.45) is 0 Å². The molecule has 1 saturated heterocycles. The highest BCUT2D eigenvalue weighted by atomic mass is 32.1. The summed E-state index contributed by atoms with van der Waals surface area (Å²) in [5.74, 6) is 0.135. The van der Waals surface area contributed by atoms with E-state index in [9.17, 15) is 9.18 Å². The fourth-order valence-corrected chi connectivity index (χ4v) is 4.97. The van der Waals surface area contributed by atoms with Crippen LogP contribution in [0.2, 0.25) is 0 Å². The summed E-state index contributed by atoms with van der Waals surface area (Å²) in [6, 6.07) is 8.98. The first-order valence-corrected chi connectivity index (χ1v) is 12.6. The van der Waals surface area contributed by atoms with Crippen molar-refractivity contribution in [2.75, 3.05) is 57.0 Å². The van der Waals surface area contributed by atoms with Crippen LogP contribution in [0.25, 0.3) is 21.5 Å². The predicted octanol–water partition coefficient (Wildman–Crippen LogP) is 3.87. The molecule has 0 radical (unpaired) electrons. The van der Waals surface area contributed by atoms with Gasteiger partial charge in [0.1, 0.15) is 11.5 Å². The Balaban J connectivity index is 1.31. The lowest BCUT2D eigenvalue weighted by Gasteiger charge is -2.34. The van der Waals surface area contributed by atoms with Crippen LogP contribution in [0.15, 0.2) is 42.7 Å². The number of hydrogen-bond donors (Lipinski definition) is 1. The van der Waals surface area contributed by atoms with Gasteiger partial charge in [0.25, 0.3) is 5.91 Å². The number of halogens is 1. The van der Waals surface area contributed by atoms with Gasteiger partial charge in [-0.05, 0) is 30.8 Å². The van der Waals surface area contributed by atoms with E-state index in [0.717, 1.165) is 41.2 Å². The van der Waals surface area contributed by atoms with E-state index in [1.807, 2.05) is 36.0 Å². The van der Waals surface area contributed by atoms with Gasteiger partial charge in [0, 0.05) is 52.0 Å². The number of fused-ring (bicyclic) bond motifs is 1. The zero-order valence-corrected chi connectivity index (χ0v) is 21.2. The maximum absolute atomic E-state index is 14.7. The maximum Gasteiger partial charge on any atom is 0.255 e. The van der Waals surface area contributed by atoms with Gasteiger partial charge in [-0.1, -0.05) is 24.3 Å². The Labute approximate surface area is 212 Å². The first-order chi connectivity index (χ1) is 17.4. The average molecular weight is 507 g/mol. The third-order valence-corrected chi connectivity index (χ3v) is 7.32. The third-order valence-electron chi connectivity index (χ3n) is 6.13. The molecule has 0 spiro atoms. The Morgan fingerprint density at radius 3 is 2.58 bits per heavy atom. The van der Waals surface area contributed by atoms with E-state index in [-0.39, 0.29) is 17.5 Å². The van der Waals surface area contributed by atoms with Crippen LogP contribution in [0.3, 0.4) is 0 Å². The van der Waals surface area contributed by atoms with E-state index in [4.69, 9.17) is 0 Å². The molecule has 0 unspecified atom stereocenters. The molecule has 5 rings (SSSR count). The van der Waals surface area contributed by atoms with Crippen LogP contribution in [0.4, 0.5) is 21.3 Å². The highest BCUT2D eigenvalue weighted by Crippen LogP contribution is 2.32. The number of nitrogens with one attached hydrogen (secondary N) is 1. The predicted molar refractivity (Wildman–Crippen MR) is 140 cm³/mol. The molecule has 0 aliphatic carbocycles. The summed E-state index contributed by atoms with van der Waals surface area (Å²) < 4.78 is 15.6. The van der Waals surface area contributed by atoms with E-state index in [1.165, 1.54) is 11.3 Å². The van der Waals surface area contributed by atoms with Gasteiger partial charge in [0.05, 0.1) is 22.0 Å². The Morgan fingerprint density at radius 2 is 1.89 bits per heavy atom. The molecule has 1 N–H and O–H groups in total. The van der Waals surface area contributed by atoms with Crippen molar-refractivity contribution in [3.8, 4) is 11.3 Å². The second kappa shape index (κ2) is 10.1. The van der Waals surface area contributed by atoms with Crippen molar-refractivity contribution in [1.29, 1.82) is 0 Å². The molecule has 1 aromatic carbocycles. The number of rotatable bonds is 6. The number of likely N-dealkylation sites (N-methyl/N-ethyl adjacent to an activating group) is 1. The second-order valence-corrected chi connectivity index (χ2v) is 9.76. The quantitative estimate of drug-likeness (QED) is 0.422. The zero-order valence-electron chi connectivity index (χ0n) is 20.4. The Kier molecular flexibility index (Phi) is 6.75. The molecule has 4 heterocycles. The van der Waals surface area contributed by atoms with Gasteiger partial charge in [-0.2, -0.15) is 0 Å². The number of pyridine rings is 1. The average Bonchev–Trinajstić information content (AvgIpc) is 3.34. The van der Waals surface area contributed by atoms with E-state index in [0.29, 0.717) is 30.0 Å². The molecular formula is C25H27FN8OS. The molecule has 0 bridgehead atoms. The molecule has 0 saturated carbocycles. The number of carbonyl (C=O) groups excluding carboxylic acids is 1. The number of aromatic nitrogens is 4. The molecule has 1 fully saturated rings. The Hall–Kier alpha value is -3.70. The topological polar surface area (TPSA) is 90.4 Å². The Morgan fingerprint density at radius 1 is 1.08 bits per heavy atom. The van der Waals surface area contributed by atoms with Crippen LogP contribution in [0.1, 0.15) is 17.3 Å². The van der Waals surface area contributed by atoms with Crippen LogP contribution in [-0.4, -0.2) is 82.5 Å². The van der Waals surface area contributed by atoms with Gasteiger partial charge >= 0.3 is 0 Å². The minimum Gasteiger partial charge on any atom is -0.354 e. The lowest BCUT2D eigenvalue weighted by Crippen LogP contribution is -2.48. The Bertz CT molecular complexity index is 1380. The molecule has 1 aliphatic rings. The second-order valence-electron chi connectivity index (χ2n) is 8.75. The van der Waals surface area contributed by atoms with E-state index in [2.05, 4.69) is 37.1 Å². The summed E-state index contributed by atoms with van der Waals surface area (Å²) in [5, 5.41) is 3.89. The van der Waals surface area contributed by atoms with Gasteiger partial charge in [0.15, 0.2) is 10.9 Å². The summed E-state index contributed by atoms with van der Waals surface area (Å²) in [5.41, 5.74) is 2.20. The van der Waals surface area contributed by atoms with Gasteiger partial charge in [-0.25, -0.2) is 24.3 Å². The van der Waals surface area contributed by atoms with E-state index >= 15 is 0 Å². The minimum absolute atomic E-state index is 0.0268. The molecular weight excluding hydrogens is 479 g/mol. The van der Waals surface area contributed by atoms with Crippen LogP contribution in [0.5, 0.6) is 0 Å². The monoisotopic (exact) mass is 506 g/mol. The van der Waals surface area contributed by atoms with Gasteiger partial charge in [-0.3, -0.25) is 4.79 Å². The van der Waals surface area contributed by atoms with Gasteiger partial charge < -0.3 is 20.0 Å². The molecule has 11 heteroatoms.